The molecular formula is C17H17ClFN3O. The second kappa shape index (κ2) is 6.16. The first kappa shape index (κ1) is 15.7. The molecule has 3 aromatic rings. The van der Waals surface area contributed by atoms with Crippen LogP contribution in [-0.2, 0) is 6.61 Å². The number of aryl methyl sites for hydroxylation is 1. The molecule has 23 heavy (non-hydrogen) atoms. The summed E-state index contributed by atoms with van der Waals surface area (Å²) < 4.78 is 19.1. The number of fused-ring (bicyclic) bond motifs is 1. The zero-order valence-electron chi connectivity index (χ0n) is 13.2. The lowest BCUT2D eigenvalue weighted by Crippen LogP contribution is -2.01. The highest BCUT2D eigenvalue weighted by Gasteiger charge is 2.13. The topological polar surface area (TPSA) is 50.8 Å². The van der Waals surface area contributed by atoms with Gasteiger partial charge in [0.1, 0.15) is 18.1 Å². The lowest BCUT2D eigenvalue weighted by molar-refractivity contribution is 0.298. The first-order chi connectivity index (χ1) is 11.0. The quantitative estimate of drug-likeness (QED) is 0.700. The van der Waals surface area contributed by atoms with E-state index in [-0.39, 0.29) is 12.5 Å². The molecule has 3 rings (SSSR count). The molecule has 0 spiro atoms. The SMILES string of the molecule is Cc1cc(OCc2n[nH]c3nc(F)ccc23)c(C(C)C)cc1Cl. The molecule has 0 aliphatic rings. The maximum Gasteiger partial charge on any atom is 0.214 e. The zero-order chi connectivity index (χ0) is 16.6. The monoisotopic (exact) mass is 333 g/mol. The molecule has 0 atom stereocenters. The van der Waals surface area contributed by atoms with Gasteiger partial charge in [-0.05, 0) is 48.2 Å². The van der Waals surface area contributed by atoms with E-state index < -0.39 is 5.95 Å². The van der Waals surface area contributed by atoms with Crippen molar-refractivity contribution in [3.05, 3.63) is 52.1 Å². The van der Waals surface area contributed by atoms with E-state index in [0.29, 0.717) is 11.3 Å². The predicted octanol–water partition coefficient (Wildman–Crippen LogP) is 4.76. The summed E-state index contributed by atoms with van der Waals surface area (Å²) in [6.07, 6.45) is 0. The van der Waals surface area contributed by atoms with Crippen LogP contribution in [0.5, 0.6) is 5.75 Å². The molecule has 1 aromatic carbocycles. The lowest BCUT2D eigenvalue weighted by Gasteiger charge is -2.15. The van der Waals surface area contributed by atoms with Crippen LogP contribution in [0.25, 0.3) is 11.0 Å². The van der Waals surface area contributed by atoms with Crippen molar-refractivity contribution in [2.75, 3.05) is 0 Å². The second-order valence-corrected chi connectivity index (χ2v) is 6.19. The van der Waals surface area contributed by atoms with Gasteiger partial charge in [0.2, 0.25) is 5.95 Å². The van der Waals surface area contributed by atoms with Gasteiger partial charge >= 0.3 is 0 Å². The van der Waals surface area contributed by atoms with Crippen LogP contribution in [0.3, 0.4) is 0 Å². The highest BCUT2D eigenvalue weighted by atomic mass is 35.5. The van der Waals surface area contributed by atoms with E-state index in [0.717, 1.165) is 27.3 Å². The fraction of sp³-hybridized carbons (Fsp3) is 0.294. The summed E-state index contributed by atoms with van der Waals surface area (Å²) >= 11 is 6.21. The van der Waals surface area contributed by atoms with Crippen molar-refractivity contribution in [1.82, 2.24) is 15.2 Å². The van der Waals surface area contributed by atoms with E-state index in [1.54, 1.807) is 6.07 Å². The Bertz CT molecular complexity index is 860. The highest BCUT2D eigenvalue weighted by Crippen LogP contribution is 2.32. The molecule has 6 heteroatoms. The van der Waals surface area contributed by atoms with Gasteiger partial charge in [-0.25, -0.2) is 4.98 Å². The van der Waals surface area contributed by atoms with Crippen LogP contribution in [0, 0.1) is 12.9 Å². The summed E-state index contributed by atoms with van der Waals surface area (Å²) in [4.78, 5) is 3.77. The molecule has 0 saturated heterocycles. The number of aromatic amines is 1. The van der Waals surface area contributed by atoms with Gasteiger partial charge in [-0.2, -0.15) is 9.49 Å². The first-order valence-electron chi connectivity index (χ1n) is 7.38. The number of nitrogens with one attached hydrogen (secondary N) is 1. The van der Waals surface area contributed by atoms with Crippen LogP contribution >= 0.6 is 11.6 Å². The fourth-order valence-electron chi connectivity index (χ4n) is 2.44. The number of nitrogens with zero attached hydrogens (tertiary/aromatic N) is 2. The largest absolute Gasteiger partial charge is 0.487 e. The van der Waals surface area contributed by atoms with Gasteiger partial charge in [-0.1, -0.05) is 25.4 Å². The van der Waals surface area contributed by atoms with Gasteiger partial charge in [-0.15, -0.1) is 0 Å². The molecule has 0 unspecified atom stereocenters. The van der Waals surface area contributed by atoms with Crippen molar-refractivity contribution < 1.29 is 9.13 Å². The number of ether oxygens (including phenoxy) is 1. The summed E-state index contributed by atoms with van der Waals surface area (Å²) in [5.41, 5.74) is 3.11. The minimum Gasteiger partial charge on any atom is -0.487 e. The standard InChI is InChI=1S/C17H17ClFN3O/c1-9(2)12-7-13(18)10(3)6-15(12)23-8-14-11-4-5-16(19)20-17(11)22-21-14/h4-7,9H,8H2,1-3H3,(H,20,21,22). The Morgan fingerprint density at radius 1 is 1.30 bits per heavy atom. The van der Waals surface area contributed by atoms with Crippen molar-refractivity contribution in [2.45, 2.75) is 33.3 Å². The summed E-state index contributed by atoms with van der Waals surface area (Å²) in [6, 6.07) is 6.84. The third kappa shape index (κ3) is 3.15. The predicted molar refractivity (Wildman–Crippen MR) is 88.5 cm³/mol. The van der Waals surface area contributed by atoms with Crippen LogP contribution in [0.1, 0.15) is 36.6 Å². The molecule has 0 bridgehead atoms. The molecule has 0 amide bonds. The fourth-order valence-corrected chi connectivity index (χ4v) is 2.61. The molecule has 0 radical (unpaired) electrons. The van der Waals surface area contributed by atoms with Gasteiger partial charge in [0.15, 0.2) is 5.65 Å². The maximum absolute atomic E-state index is 13.1. The van der Waals surface area contributed by atoms with Gasteiger partial charge in [0.05, 0.1) is 0 Å². The molecule has 1 N–H and O–H groups in total. The lowest BCUT2D eigenvalue weighted by atomic mass is 10.0. The molecule has 2 heterocycles. The van der Waals surface area contributed by atoms with E-state index in [9.17, 15) is 4.39 Å². The minimum absolute atomic E-state index is 0.272. The molecule has 4 nitrogen and oxygen atoms in total. The summed E-state index contributed by atoms with van der Waals surface area (Å²) in [6.45, 7) is 6.39. The van der Waals surface area contributed by atoms with Crippen LogP contribution in [0.2, 0.25) is 5.02 Å². The van der Waals surface area contributed by atoms with E-state index in [1.165, 1.54) is 6.07 Å². The number of benzene rings is 1. The summed E-state index contributed by atoms with van der Waals surface area (Å²) in [7, 11) is 0. The number of hydrogen-bond donors (Lipinski definition) is 1. The van der Waals surface area contributed by atoms with Gasteiger partial charge in [-0.3, -0.25) is 5.10 Å². The number of aromatic nitrogens is 3. The summed E-state index contributed by atoms with van der Waals surface area (Å²) in [5.74, 6) is 0.534. The van der Waals surface area contributed by atoms with E-state index >= 15 is 0 Å². The molecule has 0 aliphatic heterocycles. The molecular weight excluding hydrogens is 317 g/mol. The molecule has 2 aromatic heterocycles. The molecule has 0 saturated carbocycles. The van der Waals surface area contributed by atoms with Gasteiger partial charge < -0.3 is 4.74 Å². The Kier molecular flexibility index (Phi) is 4.22. The number of pyridine rings is 1. The Morgan fingerprint density at radius 3 is 2.83 bits per heavy atom. The Labute approximate surface area is 138 Å². The normalized spacial score (nSPS) is 11.4. The van der Waals surface area contributed by atoms with E-state index in [1.807, 2.05) is 19.1 Å². The smallest absolute Gasteiger partial charge is 0.214 e. The number of hydrogen-bond acceptors (Lipinski definition) is 3. The van der Waals surface area contributed by atoms with Crippen molar-refractivity contribution in [3.63, 3.8) is 0 Å². The highest BCUT2D eigenvalue weighted by molar-refractivity contribution is 6.31. The Morgan fingerprint density at radius 2 is 2.09 bits per heavy atom. The van der Waals surface area contributed by atoms with Gasteiger partial charge in [0.25, 0.3) is 0 Å². The zero-order valence-corrected chi connectivity index (χ0v) is 13.9. The van der Waals surface area contributed by atoms with Crippen LogP contribution in [0.4, 0.5) is 4.39 Å². The third-order valence-electron chi connectivity index (χ3n) is 3.75. The number of halogens is 2. The van der Waals surface area contributed by atoms with Gasteiger partial charge in [0, 0.05) is 10.4 Å². The molecule has 0 fully saturated rings. The third-order valence-corrected chi connectivity index (χ3v) is 4.15. The van der Waals surface area contributed by atoms with Crippen molar-refractivity contribution >= 4 is 22.6 Å². The molecule has 120 valence electrons. The second-order valence-electron chi connectivity index (χ2n) is 5.78. The number of H-pyrrole nitrogens is 1. The van der Waals surface area contributed by atoms with Crippen molar-refractivity contribution in [1.29, 1.82) is 0 Å². The van der Waals surface area contributed by atoms with Crippen LogP contribution < -0.4 is 4.74 Å². The maximum atomic E-state index is 13.1. The average molecular weight is 334 g/mol. The van der Waals surface area contributed by atoms with E-state index in [2.05, 4.69) is 29.0 Å². The van der Waals surface area contributed by atoms with Crippen molar-refractivity contribution in [2.24, 2.45) is 0 Å². The van der Waals surface area contributed by atoms with E-state index in [4.69, 9.17) is 16.3 Å². The van der Waals surface area contributed by atoms with Crippen LogP contribution in [0.15, 0.2) is 24.3 Å². The average Bonchev–Trinajstić information content (AvgIpc) is 2.89. The van der Waals surface area contributed by atoms with Crippen molar-refractivity contribution in [3.8, 4) is 5.75 Å². The minimum atomic E-state index is -0.538. The molecule has 0 aliphatic carbocycles. The van der Waals surface area contributed by atoms with Crippen LogP contribution in [-0.4, -0.2) is 15.2 Å². The number of rotatable bonds is 4. The summed E-state index contributed by atoms with van der Waals surface area (Å²) in [5, 5.41) is 8.36. The first-order valence-corrected chi connectivity index (χ1v) is 7.76. The Hall–Kier alpha value is -2.14. The Balaban J connectivity index is 1.89.